The lowest BCUT2D eigenvalue weighted by atomic mass is 10.1. The van der Waals surface area contributed by atoms with Gasteiger partial charge in [0.25, 0.3) is 0 Å². The quantitative estimate of drug-likeness (QED) is 0.625. The van der Waals surface area contributed by atoms with Gasteiger partial charge in [0.15, 0.2) is 0 Å². The molecule has 0 radical (unpaired) electrons. The van der Waals surface area contributed by atoms with E-state index < -0.39 is 10.0 Å². The summed E-state index contributed by atoms with van der Waals surface area (Å²) in [7, 11) is -3.22. The van der Waals surface area contributed by atoms with Crippen LogP contribution in [-0.4, -0.2) is 27.4 Å². The molecule has 6 heteroatoms. The molecule has 1 rings (SSSR count). The molecule has 0 aliphatic rings. The highest BCUT2D eigenvalue weighted by atomic mass is 32.2. The summed E-state index contributed by atoms with van der Waals surface area (Å²) < 4.78 is 25.1. The van der Waals surface area contributed by atoms with Gasteiger partial charge in [-0.1, -0.05) is 0 Å². The van der Waals surface area contributed by atoms with Crippen LogP contribution in [0.2, 0.25) is 0 Å². The fraction of sp³-hybridized carbons (Fsp3) is 0.500. The molecule has 0 saturated heterocycles. The van der Waals surface area contributed by atoms with Gasteiger partial charge in [-0.3, -0.25) is 0 Å². The standard InChI is InChI=1S/C12H21N3O2S/c1-5-15(10(3)14-18(4,16)17)11-6-7-12(13)9(2)8-11/h6-8,10,14H,5,13H2,1-4H3/t10-/m1/s1. The minimum absolute atomic E-state index is 0.298. The Labute approximate surface area is 109 Å². The molecule has 0 aliphatic heterocycles. The second kappa shape index (κ2) is 5.58. The molecule has 1 aromatic carbocycles. The van der Waals surface area contributed by atoms with Gasteiger partial charge in [0.05, 0.1) is 12.4 Å². The van der Waals surface area contributed by atoms with E-state index in [1.54, 1.807) is 0 Å². The van der Waals surface area contributed by atoms with Gasteiger partial charge in [0, 0.05) is 17.9 Å². The minimum atomic E-state index is -3.22. The number of nitrogens with one attached hydrogen (secondary N) is 1. The summed E-state index contributed by atoms with van der Waals surface area (Å²) in [5.74, 6) is 0. The molecule has 0 spiro atoms. The largest absolute Gasteiger partial charge is 0.399 e. The van der Waals surface area contributed by atoms with E-state index in [0.29, 0.717) is 6.54 Å². The van der Waals surface area contributed by atoms with Gasteiger partial charge in [-0.25, -0.2) is 8.42 Å². The van der Waals surface area contributed by atoms with Crippen molar-refractivity contribution in [3.05, 3.63) is 23.8 Å². The van der Waals surface area contributed by atoms with Gasteiger partial charge >= 0.3 is 0 Å². The summed E-state index contributed by atoms with van der Waals surface area (Å²) >= 11 is 0. The Balaban J connectivity index is 2.98. The molecule has 0 fully saturated rings. The van der Waals surface area contributed by atoms with E-state index >= 15 is 0 Å². The first-order valence-electron chi connectivity index (χ1n) is 5.84. The zero-order chi connectivity index (χ0) is 13.9. The molecular formula is C12H21N3O2S. The van der Waals surface area contributed by atoms with E-state index in [2.05, 4.69) is 4.72 Å². The molecule has 0 saturated carbocycles. The van der Waals surface area contributed by atoms with Crippen LogP contribution < -0.4 is 15.4 Å². The van der Waals surface area contributed by atoms with Crippen molar-refractivity contribution < 1.29 is 8.42 Å². The fourth-order valence-electron chi connectivity index (χ4n) is 1.89. The van der Waals surface area contributed by atoms with Crippen LogP contribution in [0.5, 0.6) is 0 Å². The van der Waals surface area contributed by atoms with E-state index in [1.165, 1.54) is 0 Å². The van der Waals surface area contributed by atoms with E-state index in [0.717, 1.165) is 23.2 Å². The zero-order valence-electron chi connectivity index (χ0n) is 11.3. The van der Waals surface area contributed by atoms with Crippen LogP contribution in [0.15, 0.2) is 18.2 Å². The number of sulfonamides is 1. The molecular weight excluding hydrogens is 250 g/mol. The van der Waals surface area contributed by atoms with Gasteiger partial charge in [0.2, 0.25) is 10.0 Å². The van der Waals surface area contributed by atoms with E-state index in [-0.39, 0.29) is 6.17 Å². The molecule has 1 aromatic rings. The van der Waals surface area contributed by atoms with Gasteiger partial charge < -0.3 is 10.6 Å². The third-order valence-electron chi connectivity index (χ3n) is 2.78. The molecule has 5 nitrogen and oxygen atoms in total. The maximum atomic E-state index is 11.3. The van der Waals surface area contributed by atoms with Crippen molar-refractivity contribution in [2.45, 2.75) is 26.9 Å². The zero-order valence-corrected chi connectivity index (χ0v) is 12.1. The molecule has 0 heterocycles. The van der Waals surface area contributed by atoms with Crippen molar-refractivity contribution in [3.63, 3.8) is 0 Å². The highest BCUT2D eigenvalue weighted by molar-refractivity contribution is 7.88. The summed E-state index contributed by atoms with van der Waals surface area (Å²) in [4.78, 5) is 1.97. The number of nitrogen functional groups attached to an aromatic ring is 1. The second-order valence-corrected chi connectivity index (χ2v) is 6.17. The topological polar surface area (TPSA) is 75.4 Å². The predicted octanol–water partition coefficient (Wildman–Crippen LogP) is 1.30. The van der Waals surface area contributed by atoms with Crippen LogP contribution in [0.1, 0.15) is 19.4 Å². The van der Waals surface area contributed by atoms with Crippen molar-refractivity contribution in [2.75, 3.05) is 23.4 Å². The molecule has 102 valence electrons. The number of nitrogens with zero attached hydrogens (tertiary/aromatic N) is 1. The van der Waals surface area contributed by atoms with Crippen LogP contribution >= 0.6 is 0 Å². The number of nitrogens with two attached hydrogens (primary N) is 1. The Morgan fingerprint density at radius 2 is 2.06 bits per heavy atom. The number of benzene rings is 1. The fourth-order valence-corrected chi connectivity index (χ4v) is 2.64. The first-order chi connectivity index (χ1) is 8.24. The second-order valence-electron chi connectivity index (χ2n) is 4.39. The highest BCUT2D eigenvalue weighted by Crippen LogP contribution is 2.21. The molecule has 0 aromatic heterocycles. The van der Waals surface area contributed by atoms with Crippen LogP contribution in [0, 0.1) is 6.92 Å². The van der Waals surface area contributed by atoms with Crippen LogP contribution in [-0.2, 0) is 10.0 Å². The van der Waals surface area contributed by atoms with E-state index in [9.17, 15) is 8.42 Å². The molecule has 1 atom stereocenters. The SMILES string of the molecule is CCN(c1ccc(N)c(C)c1)[C@H](C)NS(C)(=O)=O. The lowest BCUT2D eigenvalue weighted by Crippen LogP contribution is -2.46. The number of aryl methyl sites for hydroxylation is 1. The van der Waals surface area contributed by atoms with Gasteiger partial charge in [0.1, 0.15) is 0 Å². The smallest absolute Gasteiger partial charge is 0.210 e. The van der Waals surface area contributed by atoms with Crippen molar-refractivity contribution in [2.24, 2.45) is 0 Å². The number of hydrogen-bond donors (Lipinski definition) is 2. The lowest BCUT2D eigenvalue weighted by molar-refractivity contribution is 0.555. The third kappa shape index (κ3) is 3.89. The molecule has 18 heavy (non-hydrogen) atoms. The summed E-state index contributed by atoms with van der Waals surface area (Å²) in [5, 5.41) is 0. The van der Waals surface area contributed by atoms with Crippen molar-refractivity contribution in [1.29, 1.82) is 0 Å². The highest BCUT2D eigenvalue weighted by Gasteiger charge is 2.16. The average Bonchev–Trinajstić information content (AvgIpc) is 2.21. The first kappa shape index (κ1) is 14.8. The summed E-state index contributed by atoms with van der Waals surface area (Å²) in [6.45, 7) is 6.43. The molecule has 0 unspecified atom stereocenters. The number of hydrogen-bond acceptors (Lipinski definition) is 4. The van der Waals surface area contributed by atoms with E-state index in [4.69, 9.17) is 5.73 Å². The first-order valence-corrected chi connectivity index (χ1v) is 7.73. The van der Waals surface area contributed by atoms with Crippen LogP contribution in [0.3, 0.4) is 0 Å². The Hall–Kier alpha value is -1.27. The minimum Gasteiger partial charge on any atom is -0.399 e. The average molecular weight is 271 g/mol. The third-order valence-corrected chi connectivity index (χ3v) is 3.55. The lowest BCUT2D eigenvalue weighted by Gasteiger charge is -2.30. The molecule has 0 bridgehead atoms. The Kier molecular flexibility index (Phi) is 4.59. The molecule has 3 N–H and O–H groups in total. The van der Waals surface area contributed by atoms with Gasteiger partial charge in [-0.15, -0.1) is 0 Å². The normalized spacial score (nSPS) is 13.3. The summed E-state index contributed by atoms with van der Waals surface area (Å²) in [5.41, 5.74) is 8.45. The predicted molar refractivity (Wildman–Crippen MR) is 76.1 cm³/mol. The summed E-state index contributed by atoms with van der Waals surface area (Å²) in [6, 6.07) is 5.69. The monoisotopic (exact) mass is 271 g/mol. The summed E-state index contributed by atoms with van der Waals surface area (Å²) in [6.07, 6.45) is 0.860. The Morgan fingerprint density at radius 1 is 1.44 bits per heavy atom. The van der Waals surface area contributed by atoms with Crippen molar-refractivity contribution in [3.8, 4) is 0 Å². The molecule has 0 amide bonds. The van der Waals surface area contributed by atoms with Crippen molar-refractivity contribution in [1.82, 2.24) is 4.72 Å². The van der Waals surface area contributed by atoms with Crippen LogP contribution in [0.25, 0.3) is 0 Å². The van der Waals surface area contributed by atoms with Gasteiger partial charge in [-0.05, 0) is 44.5 Å². The Bertz CT molecular complexity index is 514. The Morgan fingerprint density at radius 3 is 2.50 bits per heavy atom. The van der Waals surface area contributed by atoms with E-state index in [1.807, 2.05) is 43.9 Å². The molecule has 0 aliphatic carbocycles. The number of rotatable bonds is 5. The maximum Gasteiger partial charge on any atom is 0.210 e. The van der Waals surface area contributed by atoms with Crippen molar-refractivity contribution >= 4 is 21.4 Å². The maximum absolute atomic E-state index is 11.3. The number of anilines is 2. The van der Waals surface area contributed by atoms with Gasteiger partial charge in [-0.2, -0.15) is 4.72 Å². The van der Waals surface area contributed by atoms with Crippen LogP contribution in [0.4, 0.5) is 11.4 Å².